The standard InChI is InChI=1S/C12H12FN3O/c1-2-17-12-7-6-11(13)9-10(12)5-3-4-8-15-16-14/h6-7,9H,2,4,8H2,1H3. The maximum Gasteiger partial charge on any atom is 0.135 e. The van der Waals surface area contributed by atoms with Crippen LogP contribution in [0.5, 0.6) is 5.75 Å². The second-order valence-electron chi connectivity index (χ2n) is 3.08. The highest BCUT2D eigenvalue weighted by Gasteiger charge is 2.01. The quantitative estimate of drug-likeness (QED) is 0.259. The molecule has 0 fully saturated rings. The van der Waals surface area contributed by atoms with Crippen LogP contribution in [0.15, 0.2) is 23.3 Å². The van der Waals surface area contributed by atoms with Crippen molar-refractivity contribution < 1.29 is 9.13 Å². The van der Waals surface area contributed by atoms with Crippen LogP contribution >= 0.6 is 0 Å². The van der Waals surface area contributed by atoms with E-state index in [-0.39, 0.29) is 5.82 Å². The maximum atomic E-state index is 13.0. The van der Waals surface area contributed by atoms with Gasteiger partial charge in [0.05, 0.1) is 12.2 Å². The van der Waals surface area contributed by atoms with E-state index in [1.165, 1.54) is 12.1 Å². The Balaban J connectivity index is 2.79. The van der Waals surface area contributed by atoms with Crippen molar-refractivity contribution in [2.24, 2.45) is 5.11 Å². The molecule has 0 saturated heterocycles. The van der Waals surface area contributed by atoms with Crippen molar-refractivity contribution in [2.45, 2.75) is 13.3 Å². The number of nitrogens with zero attached hydrogens (tertiary/aromatic N) is 3. The van der Waals surface area contributed by atoms with Gasteiger partial charge in [0.15, 0.2) is 0 Å². The van der Waals surface area contributed by atoms with Crippen LogP contribution in [-0.2, 0) is 0 Å². The molecule has 17 heavy (non-hydrogen) atoms. The zero-order valence-electron chi connectivity index (χ0n) is 9.48. The van der Waals surface area contributed by atoms with Gasteiger partial charge >= 0.3 is 0 Å². The van der Waals surface area contributed by atoms with Crippen molar-refractivity contribution in [3.63, 3.8) is 0 Å². The molecule has 0 atom stereocenters. The van der Waals surface area contributed by atoms with Crippen molar-refractivity contribution in [1.82, 2.24) is 0 Å². The predicted molar refractivity (Wildman–Crippen MR) is 63.1 cm³/mol. The topological polar surface area (TPSA) is 58.0 Å². The van der Waals surface area contributed by atoms with Crippen molar-refractivity contribution in [1.29, 1.82) is 0 Å². The Hall–Kier alpha value is -2.18. The predicted octanol–water partition coefficient (Wildman–Crippen LogP) is 3.28. The first-order valence-corrected chi connectivity index (χ1v) is 5.20. The highest BCUT2D eigenvalue weighted by molar-refractivity contribution is 5.46. The first-order valence-electron chi connectivity index (χ1n) is 5.20. The summed E-state index contributed by atoms with van der Waals surface area (Å²) < 4.78 is 18.3. The van der Waals surface area contributed by atoms with Gasteiger partial charge in [-0.25, -0.2) is 4.39 Å². The van der Waals surface area contributed by atoms with Gasteiger partial charge in [-0.1, -0.05) is 17.0 Å². The first-order chi connectivity index (χ1) is 8.27. The minimum absolute atomic E-state index is 0.308. The highest BCUT2D eigenvalue weighted by atomic mass is 19.1. The van der Waals surface area contributed by atoms with E-state index in [0.717, 1.165) is 0 Å². The molecule has 1 aromatic rings. The Kier molecular flexibility index (Phi) is 5.42. The molecule has 5 heteroatoms. The van der Waals surface area contributed by atoms with Crippen LogP contribution in [-0.4, -0.2) is 13.2 Å². The fraction of sp³-hybridized carbons (Fsp3) is 0.333. The lowest BCUT2D eigenvalue weighted by Gasteiger charge is -2.05. The average molecular weight is 233 g/mol. The molecule has 4 nitrogen and oxygen atoms in total. The summed E-state index contributed by atoms with van der Waals surface area (Å²) in [5.41, 5.74) is 8.58. The number of azide groups is 1. The van der Waals surface area contributed by atoms with Gasteiger partial charge in [-0.3, -0.25) is 0 Å². The van der Waals surface area contributed by atoms with E-state index < -0.39 is 0 Å². The molecule has 0 saturated carbocycles. The van der Waals surface area contributed by atoms with Crippen LogP contribution in [0.4, 0.5) is 4.39 Å². The molecule has 0 heterocycles. The fourth-order valence-corrected chi connectivity index (χ4v) is 1.19. The van der Waals surface area contributed by atoms with Gasteiger partial charge in [-0.05, 0) is 30.7 Å². The summed E-state index contributed by atoms with van der Waals surface area (Å²) >= 11 is 0. The van der Waals surface area contributed by atoms with E-state index in [2.05, 4.69) is 21.9 Å². The second-order valence-corrected chi connectivity index (χ2v) is 3.08. The monoisotopic (exact) mass is 233 g/mol. The van der Waals surface area contributed by atoms with E-state index in [4.69, 9.17) is 10.3 Å². The molecule has 0 N–H and O–H groups in total. The Labute approximate surface area is 99.0 Å². The average Bonchev–Trinajstić information content (AvgIpc) is 2.32. The van der Waals surface area contributed by atoms with Gasteiger partial charge in [0.25, 0.3) is 0 Å². The third kappa shape index (κ3) is 4.45. The van der Waals surface area contributed by atoms with Crippen LogP contribution in [0.2, 0.25) is 0 Å². The van der Waals surface area contributed by atoms with Crippen LogP contribution in [0.1, 0.15) is 18.9 Å². The Morgan fingerprint density at radius 1 is 1.53 bits per heavy atom. The molecule has 0 amide bonds. The normalized spacial score (nSPS) is 8.82. The lowest BCUT2D eigenvalue weighted by molar-refractivity contribution is 0.338. The third-order valence-electron chi connectivity index (χ3n) is 1.86. The van der Waals surface area contributed by atoms with E-state index in [1.807, 2.05) is 6.92 Å². The molecule has 0 unspecified atom stereocenters. The smallest absolute Gasteiger partial charge is 0.135 e. The molecule has 0 aromatic heterocycles. The molecule has 0 radical (unpaired) electrons. The van der Waals surface area contributed by atoms with Gasteiger partial charge < -0.3 is 4.74 Å². The number of benzene rings is 1. The molecule has 1 rings (SSSR count). The molecule has 0 aliphatic carbocycles. The van der Waals surface area contributed by atoms with Crippen LogP contribution in [0, 0.1) is 17.7 Å². The van der Waals surface area contributed by atoms with Crippen molar-refractivity contribution >= 4 is 0 Å². The molecule has 0 spiro atoms. The summed E-state index contributed by atoms with van der Waals surface area (Å²) in [4.78, 5) is 2.61. The largest absolute Gasteiger partial charge is 0.493 e. The lowest BCUT2D eigenvalue weighted by Crippen LogP contribution is -1.94. The summed E-state index contributed by atoms with van der Waals surface area (Å²) in [5.74, 6) is 5.81. The first kappa shape index (κ1) is 12.9. The van der Waals surface area contributed by atoms with Gasteiger partial charge in [0, 0.05) is 17.9 Å². The van der Waals surface area contributed by atoms with Gasteiger partial charge in [0.2, 0.25) is 0 Å². The Morgan fingerprint density at radius 3 is 3.06 bits per heavy atom. The fourth-order valence-electron chi connectivity index (χ4n) is 1.19. The number of ether oxygens (including phenoxy) is 1. The van der Waals surface area contributed by atoms with E-state index >= 15 is 0 Å². The van der Waals surface area contributed by atoms with E-state index in [1.54, 1.807) is 6.07 Å². The number of rotatable bonds is 4. The summed E-state index contributed by atoms with van der Waals surface area (Å²) in [6, 6.07) is 4.21. The molecular weight excluding hydrogens is 221 g/mol. The molecule has 88 valence electrons. The summed E-state index contributed by atoms with van der Waals surface area (Å²) in [5, 5.41) is 3.35. The molecule has 0 aliphatic heterocycles. The summed E-state index contributed by atoms with van der Waals surface area (Å²) in [6.07, 6.45) is 0.437. The van der Waals surface area contributed by atoms with Crippen molar-refractivity contribution in [3.8, 4) is 17.6 Å². The zero-order chi connectivity index (χ0) is 12.5. The second kappa shape index (κ2) is 7.15. The molecular formula is C12H12FN3O. The van der Waals surface area contributed by atoms with Gasteiger partial charge in [0.1, 0.15) is 11.6 Å². The number of halogens is 1. The molecule has 0 bridgehead atoms. The van der Waals surface area contributed by atoms with E-state index in [0.29, 0.717) is 30.9 Å². The number of hydrogen-bond acceptors (Lipinski definition) is 2. The van der Waals surface area contributed by atoms with Crippen LogP contribution in [0.25, 0.3) is 10.4 Å². The van der Waals surface area contributed by atoms with Crippen molar-refractivity contribution in [2.75, 3.05) is 13.2 Å². The Bertz CT molecular complexity index is 484. The zero-order valence-corrected chi connectivity index (χ0v) is 9.48. The summed E-state index contributed by atoms with van der Waals surface area (Å²) in [7, 11) is 0. The number of hydrogen-bond donors (Lipinski definition) is 0. The molecule has 1 aromatic carbocycles. The molecule has 0 aliphatic rings. The Morgan fingerprint density at radius 2 is 2.35 bits per heavy atom. The summed E-state index contributed by atoms with van der Waals surface area (Å²) in [6.45, 7) is 2.66. The van der Waals surface area contributed by atoms with E-state index in [9.17, 15) is 4.39 Å². The van der Waals surface area contributed by atoms with Crippen LogP contribution in [0.3, 0.4) is 0 Å². The lowest BCUT2D eigenvalue weighted by atomic mass is 10.2. The van der Waals surface area contributed by atoms with Gasteiger partial charge in [-0.2, -0.15) is 0 Å². The van der Waals surface area contributed by atoms with Gasteiger partial charge in [-0.15, -0.1) is 0 Å². The third-order valence-corrected chi connectivity index (χ3v) is 1.86. The SMILES string of the molecule is CCOc1ccc(F)cc1C#CCCN=[N+]=[N-]. The highest BCUT2D eigenvalue weighted by Crippen LogP contribution is 2.18. The van der Waals surface area contributed by atoms with Crippen molar-refractivity contribution in [3.05, 3.63) is 40.0 Å². The minimum atomic E-state index is -0.354. The minimum Gasteiger partial charge on any atom is -0.493 e. The maximum absolute atomic E-state index is 13.0. The van der Waals surface area contributed by atoms with Crippen LogP contribution < -0.4 is 4.74 Å².